The summed E-state index contributed by atoms with van der Waals surface area (Å²) >= 11 is 19.5. The highest BCUT2D eigenvalue weighted by atomic mass is 35.5. The lowest BCUT2D eigenvalue weighted by Crippen LogP contribution is -2.30. The first-order valence-corrected chi connectivity index (χ1v) is 11.7. The third-order valence-corrected chi connectivity index (χ3v) is 6.61. The fraction of sp³-hybridized carbons (Fsp3) is 0.333. The first-order chi connectivity index (χ1) is 14.0. The zero-order chi connectivity index (χ0) is 20.8. The zero-order valence-electron chi connectivity index (χ0n) is 16.1. The van der Waals surface area contributed by atoms with Crippen molar-refractivity contribution in [3.05, 3.63) is 57.6 Å². The molecule has 1 saturated heterocycles. The predicted molar refractivity (Wildman–Crippen MR) is 130 cm³/mol. The standard InChI is InChI=1S/C21H23Cl2N3OS2/c1-14-7-8-15(12-19(14)26-10-3-6-20(26)27)25-21(28)24-9-11-29-13-16-17(22)4-2-5-18(16)23/h2,4-5,7-8,12H,3,6,9-11,13H2,1H3,(H2,24,25,28). The molecule has 1 aliphatic heterocycles. The van der Waals surface area contributed by atoms with E-state index in [-0.39, 0.29) is 5.91 Å². The van der Waals surface area contributed by atoms with Crippen LogP contribution in [0.25, 0.3) is 0 Å². The maximum absolute atomic E-state index is 12.1. The van der Waals surface area contributed by atoms with Gasteiger partial charge in [-0.15, -0.1) is 0 Å². The second-order valence-corrected chi connectivity index (χ2v) is 9.11. The minimum absolute atomic E-state index is 0.182. The molecule has 154 valence electrons. The molecule has 0 radical (unpaired) electrons. The smallest absolute Gasteiger partial charge is 0.227 e. The largest absolute Gasteiger partial charge is 0.362 e. The fourth-order valence-corrected chi connectivity index (χ4v) is 4.95. The highest BCUT2D eigenvalue weighted by Gasteiger charge is 2.23. The molecule has 0 bridgehead atoms. The monoisotopic (exact) mass is 467 g/mol. The van der Waals surface area contributed by atoms with Crippen LogP contribution in [-0.2, 0) is 10.5 Å². The van der Waals surface area contributed by atoms with Crippen molar-refractivity contribution in [3.8, 4) is 0 Å². The molecular weight excluding hydrogens is 445 g/mol. The van der Waals surface area contributed by atoms with Crippen molar-refractivity contribution < 1.29 is 4.79 Å². The van der Waals surface area contributed by atoms with Crippen molar-refractivity contribution in [2.45, 2.75) is 25.5 Å². The Morgan fingerprint density at radius 1 is 1.24 bits per heavy atom. The summed E-state index contributed by atoms with van der Waals surface area (Å²) in [6, 6.07) is 11.5. The lowest BCUT2D eigenvalue weighted by Gasteiger charge is -2.20. The van der Waals surface area contributed by atoms with E-state index in [1.165, 1.54) is 0 Å². The molecule has 2 aromatic carbocycles. The van der Waals surface area contributed by atoms with Gasteiger partial charge >= 0.3 is 0 Å². The van der Waals surface area contributed by atoms with Crippen LogP contribution < -0.4 is 15.5 Å². The summed E-state index contributed by atoms with van der Waals surface area (Å²) in [6.07, 6.45) is 1.53. The Balaban J connectivity index is 1.45. The number of carbonyl (C=O) groups is 1. The van der Waals surface area contributed by atoms with Crippen LogP contribution in [0.1, 0.15) is 24.0 Å². The Hall–Kier alpha value is -1.47. The van der Waals surface area contributed by atoms with Crippen molar-refractivity contribution >= 4 is 69.6 Å². The molecular formula is C21H23Cl2N3OS2. The molecule has 1 amide bonds. The summed E-state index contributed by atoms with van der Waals surface area (Å²) in [4.78, 5) is 13.9. The number of aryl methyl sites for hydroxylation is 1. The van der Waals surface area contributed by atoms with Crippen LogP contribution in [0.4, 0.5) is 11.4 Å². The zero-order valence-corrected chi connectivity index (χ0v) is 19.3. The number of nitrogens with zero attached hydrogens (tertiary/aromatic N) is 1. The maximum Gasteiger partial charge on any atom is 0.227 e. The van der Waals surface area contributed by atoms with Gasteiger partial charge in [0.2, 0.25) is 5.91 Å². The highest BCUT2D eigenvalue weighted by Crippen LogP contribution is 2.29. The van der Waals surface area contributed by atoms with E-state index in [0.29, 0.717) is 21.6 Å². The molecule has 2 N–H and O–H groups in total. The van der Waals surface area contributed by atoms with Gasteiger partial charge in [0.15, 0.2) is 5.11 Å². The molecule has 2 aromatic rings. The summed E-state index contributed by atoms with van der Waals surface area (Å²) in [7, 11) is 0. The van der Waals surface area contributed by atoms with Crippen molar-refractivity contribution in [2.75, 3.05) is 29.1 Å². The molecule has 1 fully saturated rings. The number of hydrogen-bond acceptors (Lipinski definition) is 3. The molecule has 0 aliphatic carbocycles. The number of halogens is 2. The Bertz CT molecular complexity index is 887. The second kappa shape index (κ2) is 10.5. The average Bonchev–Trinajstić information content (AvgIpc) is 3.11. The fourth-order valence-electron chi connectivity index (χ4n) is 3.14. The van der Waals surface area contributed by atoms with Crippen LogP contribution in [0.15, 0.2) is 36.4 Å². The van der Waals surface area contributed by atoms with E-state index in [4.69, 9.17) is 35.4 Å². The van der Waals surface area contributed by atoms with Crippen LogP contribution in [0.2, 0.25) is 10.0 Å². The van der Waals surface area contributed by atoms with Gasteiger partial charge in [0.25, 0.3) is 0 Å². The van der Waals surface area contributed by atoms with Gasteiger partial charge in [0.1, 0.15) is 0 Å². The van der Waals surface area contributed by atoms with E-state index in [1.807, 2.05) is 48.2 Å². The molecule has 8 heteroatoms. The topological polar surface area (TPSA) is 44.4 Å². The number of thiocarbonyl (C=S) groups is 1. The van der Waals surface area contributed by atoms with Gasteiger partial charge < -0.3 is 15.5 Å². The number of carbonyl (C=O) groups excluding carboxylic acids is 1. The molecule has 0 spiro atoms. The summed E-state index contributed by atoms with van der Waals surface area (Å²) in [5, 5.41) is 8.37. The number of rotatable bonds is 7. The quantitative estimate of drug-likeness (QED) is 0.406. The summed E-state index contributed by atoms with van der Waals surface area (Å²) in [6.45, 7) is 3.52. The van der Waals surface area contributed by atoms with Crippen molar-refractivity contribution in [2.24, 2.45) is 0 Å². The van der Waals surface area contributed by atoms with Gasteiger partial charge in [-0.25, -0.2) is 0 Å². The van der Waals surface area contributed by atoms with Gasteiger partial charge in [-0.05, 0) is 61.0 Å². The van der Waals surface area contributed by atoms with E-state index in [2.05, 4.69) is 10.6 Å². The van der Waals surface area contributed by atoms with E-state index >= 15 is 0 Å². The average molecular weight is 468 g/mol. The van der Waals surface area contributed by atoms with E-state index in [9.17, 15) is 4.79 Å². The van der Waals surface area contributed by atoms with Gasteiger partial charge in [0.05, 0.1) is 0 Å². The van der Waals surface area contributed by atoms with Crippen molar-refractivity contribution in [1.82, 2.24) is 5.32 Å². The number of hydrogen-bond donors (Lipinski definition) is 2. The van der Waals surface area contributed by atoms with Crippen LogP contribution in [0, 0.1) is 6.92 Å². The first-order valence-electron chi connectivity index (χ1n) is 9.42. The normalized spacial score (nSPS) is 13.6. The molecule has 3 rings (SSSR count). The maximum atomic E-state index is 12.1. The first kappa shape index (κ1) is 22.2. The number of anilines is 2. The molecule has 29 heavy (non-hydrogen) atoms. The minimum atomic E-state index is 0.182. The lowest BCUT2D eigenvalue weighted by molar-refractivity contribution is -0.117. The predicted octanol–water partition coefficient (Wildman–Crippen LogP) is 5.65. The van der Waals surface area contributed by atoms with Crippen molar-refractivity contribution in [3.63, 3.8) is 0 Å². The Labute approximate surface area is 191 Å². The molecule has 0 aromatic heterocycles. The number of benzene rings is 2. The number of amides is 1. The Morgan fingerprint density at radius 2 is 2.00 bits per heavy atom. The van der Waals surface area contributed by atoms with E-state index < -0.39 is 0 Å². The molecule has 1 heterocycles. The van der Waals surface area contributed by atoms with Gasteiger partial charge in [-0.1, -0.05) is 35.3 Å². The van der Waals surface area contributed by atoms with Crippen LogP contribution in [0.3, 0.4) is 0 Å². The van der Waals surface area contributed by atoms with E-state index in [1.54, 1.807) is 11.8 Å². The third-order valence-electron chi connectivity index (χ3n) is 4.67. The highest BCUT2D eigenvalue weighted by molar-refractivity contribution is 7.98. The number of nitrogens with one attached hydrogen (secondary N) is 2. The van der Waals surface area contributed by atoms with Gasteiger partial charge in [-0.3, -0.25) is 4.79 Å². The lowest BCUT2D eigenvalue weighted by atomic mass is 10.1. The number of thioether (sulfide) groups is 1. The molecule has 1 aliphatic rings. The molecule has 0 saturated carbocycles. The van der Waals surface area contributed by atoms with Crippen molar-refractivity contribution in [1.29, 1.82) is 0 Å². The second-order valence-electron chi connectivity index (χ2n) is 6.78. The molecule has 0 unspecified atom stereocenters. The third kappa shape index (κ3) is 6.01. The SMILES string of the molecule is Cc1ccc(NC(=S)NCCSCc2c(Cl)cccc2Cl)cc1N1CCCC1=O. The van der Waals surface area contributed by atoms with Gasteiger partial charge in [0, 0.05) is 52.4 Å². The van der Waals surface area contributed by atoms with Gasteiger partial charge in [-0.2, -0.15) is 11.8 Å². The summed E-state index contributed by atoms with van der Waals surface area (Å²) < 4.78 is 0. The summed E-state index contributed by atoms with van der Waals surface area (Å²) in [5.74, 6) is 1.80. The minimum Gasteiger partial charge on any atom is -0.362 e. The van der Waals surface area contributed by atoms with Crippen LogP contribution >= 0.6 is 47.2 Å². The van der Waals surface area contributed by atoms with E-state index in [0.717, 1.165) is 53.5 Å². The molecule has 4 nitrogen and oxygen atoms in total. The van der Waals surface area contributed by atoms with Crippen LogP contribution in [-0.4, -0.2) is 29.9 Å². The Morgan fingerprint density at radius 3 is 2.69 bits per heavy atom. The summed E-state index contributed by atoms with van der Waals surface area (Å²) in [5.41, 5.74) is 3.87. The molecule has 0 atom stereocenters. The van der Waals surface area contributed by atoms with Crippen LogP contribution in [0.5, 0.6) is 0 Å². The Kier molecular flexibility index (Phi) is 8.07.